The van der Waals surface area contributed by atoms with Crippen LogP contribution in [0.25, 0.3) is 10.8 Å². The van der Waals surface area contributed by atoms with E-state index in [4.69, 9.17) is 4.42 Å². The Morgan fingerprint density at radius 1 is 1.22 bits per heavy atom. The first-order valence-electron chi connectivity index (χ1n) is 7.56. The monoisotopic (exact) mass is 391 g/mol. The van der Waals surface area contributed by atoms with Crippen LogP contribution in [-0.4, -0.2) is 10.2 Å². The quantitative estimate of drug-likeness (QED) is 0.613. The molecule has 6 heteroatoms. The molecule has 0 aliphatic rings. The summed E-state index contributed by atoms with van der Waals surface area (Å²) in [5, 5.41) is 13.9. The number of rotatable bonds is 6. The van der Waals surface area contributed by atoms with Crippen molar-refractivity contribution in [2.24, 2.45) is 0 Å². The Kier molecular flexibility index (Phi) is 5.25. The molecule has 1 N–H and O–H groups in total. The summed E-state index contributed by atoms with van der Waals surface area (Å²) in [6, 6.07) is 12.6. The second kappa shape index (κ2) is 7.38. The molecule has 0 aliphatic carbocycles. The van der Waals surface area contributed by atoms with Crippen molar-refractivity contribution in [3.63, 3.8) is 0 Å². The smallest absolute Gasteiger partial charge is 0.257 e. The minimum Gasteiger partial charge on any atom is -0.418 e. The van der Waals surface area contributed by atoms with Crippen LogP contribution in [0.5, 0.6) is 0 Å². The number of thiophene rings is 1. The van der Waals surface area contributed by atoms with Gasteiger partial charge in [-0.2, -0.15) is 0 Å². The van der Waals surface area contributed by atoms with Crippen molar-refractivity contribution < 1.29 is 4.42 Å². The molecule has 23 heavy (non-hydrogen) atoms. The van der Waals surface area contributed by atoms with Crippen molar-refractivity contribution in [2.75, 3.05) is 0 Å². The van der Waals surface area contributed by atoms with Crippen LogP contribution in [0.1, 0.15) is 43.8 Å². The summed E-state index contributed by atoms with van der Waals surface area (Å²) in [5.41, 5.74) is 1.25. The number of aromatic nitrogens is 2. The van der Waals surface area contributed by atoms with Crippen molar-refractivity contribution in [2.45, 2.75) is 32.4 Å². The topological polar surface area (TPSA) is 51.0 Å². The lowest BCUT2D eigenvalue weighted by Crippen LogP contribution is -2.24. The molecule has 3 rings (SSSR count). The lowest BCUT2D eigenvalue weighted by molar-refractivity contribution is 0.379. The molecule has 2 aromatic heterocycles. The number of hydrogen-bond donors (Lipinski definition) is 1. The molecule has 0 amide bonds. The van der Waals surface area contributed by atoms with E-state index in [1.807, 2.05) is 24.4 Å². The Bertz CT molecular complexity index is 740. The SMILES string of the molecule is CC[C@@H](N[C@H](C)c1nnc(-c2cccs2)o1)c1ccc(Br)cc1. The van der Waals surface area contributed by atoms with E-state index in [1.165, 1.54) is 5.56 Å². The molecule has 0 saturated heterocycles. The highest BCUT2D eigenvalue weighted by Gasteiger charge is 2.19. The fourth-order valence-corrected chi connectivity index (χ4v) is 3.34. The van der Waals surface area contributed by atoms with Gasteiger partial charge in [-0.15, -0.1) is 21.5 Å². The van der Waals surface area contributed by atoms with Crippen LogP contribution in [-0.2, 0) is 0 Å². The molecular weight excluding hydrogens is 374 g/mol. The van der Waals surface area contributed by atoms with E-state index in [2.05, 4.69) is 62.6 Å². The van der Waals surface area contributed by atoms with Gasteiger partial charge in [-0.05, 0) is 42.5 Å². The van der Waals surface area contributed by atoms with Crippen LogP contribution in [0.3, 0.4) is 0 Å². The van der Waals surface area contributed by atoms with Crippen molar-refractivity contribution >= 4 is 27.3 Å². The van der Waals surface area contributed by atoms with Gasteiger partial charge in [-0.25, -0.2) is 0 Å². The normalized spacial score (nSPS) is 13.9. The third kappa shape index (κ3) is 3.88. The molecule has 1 aromatic carbocycles. The molecule has 3 aromatic rings. The van der Waals surface area contributed by atoms with Gasteiger partial charge in [0.25, 0.3) is 5.89 Å². The lowest BCUT2D eigenvalue weighted by Gasteiger charge is -2.20. The van der Waals surface area contributed by atoms with Gasteiger partial charge in [-0.1, -0.05) is 41.1 Å². The number of nitrogens with zero attached hydrogens (tertiary/aromatic N) is 2. The van der Waals surface area contributed by atoms with Crippen LogP contribution in [0.4, 0.5) is 0 Å². The molecule has 0 saturated carbocycles. The maximum atomic E-state index is 5.81. The van der Waals surface area contributed by atoms with Gasteiger partial charge in [0.2, 0.25) is 5.89 Å². The molecule has 0 fully saturated rings. The molecule has 2 heterocycles. The first-order chi connectivity index (χ1) is 11.2. The zero-order valence-electron chi connectivity index (χ0n) is 13.0. The molecule has 0 aliphatic heterocycles. The van der Waals surface area contributed by atoms with Gasteiger partial charge in [0.1, 0.15) is 0 Å². The molecule has 120 valence electrons. The molecule has 0 unspecified atom stereocenters. The minimum atomic E-state index is -0.00944. The number of hydrogen-bond acceptors (Lipinski definition) is 5. The molecule has 0 radical (unpaired) electrons. The summed E-state index contributed by atoms with van der Waals surface area (Å²) < 4.78 is 6.89. The van der Waals surface area contributed by atoms with Gasteiger partial charge in [0, 0.05) is 10.5 Å². The zero-order valence-corrected chi connectivity index (χ0v) is 15.4. The lowest BCUT2D eigenvalue weighted by atomic mass is 10.0. The third-order valence-corrected chi connectivity index (χ3v) is 5.06. The molecule has 0 spiro atoms. The van der Waals surface area contributed by atoms with E-state index in [9.17, 15) is 0 Å². The van der Waals surface area contributed by atoms with Gasteiger partial charge in [-0.3, -0.25) is 5.32 Å². The summed E-state index contributed by atoms with van der Waals surface area (Å²) in [4.78, 5) is 0.996. The highest BCUT2D eigenvalue weighted by atomic mass is 79.9. The standard InChI is InChI=1S/C17H18BrN3OS/c1-3-14(12-6-8-13(18)9-7-12)19-11(2)16-20-21-17(22-16)15-5-4-10-23-15/h4-11,14,19H,3H2,1-2H3/t11-,14-/m1/s1. The Balaban J connectivity index is 1.72. The van der Waals surface area contributed by atoms with Gasteiger partial charge < -0.3 is 4.42 Å². The second-order valence-electron chi connectivity index (χ2n) is 5.32. The van der Waals surface area contributed by atoms with E-state index in [-0.39, 0.29) is 12.1 Å². The second-order valence-corrected chi connectivity index (χ2v) is 7.19. The Labute approximate surface area is 148 Å². The summed E-state index contributed by atoms with van der Waals surface area (Å²) in [6.45, 7) is 4.21. The van der Waals surface area contributed by atoms with Gasteiger partial charge in [0.05, 0.1) is 10.9 Å². The van der Waals surface area contributed by atoms with Crippen molar-refractivity contribution in [1.29, 1.82) is 0 Å². The van der Waals surface area contributed by atoms with Crippen LogP contribution in [0, 0.1) is 0 Å². The van der Waals surface area contributed by atoms with E-state index in [0.29, 0.717) is 11.8 Å². The number of halogens is 1. The van der Waals surface area contributed by atoms with Crippen LogP contribution < -0.4 is 5.32 Å². The maximum Gasteiger partial charge on any atom is 0.257 e. The van der Waals surface area contributed by atoms with Crippen molar-refractivity contribution in [1.82, 2.24) is 15.5 Å². The van der Waals surface area contributed by atoms with Crippen LogP contribution >= 0.6 is 27.3 Å². The summed E-state index contributed by atoms with van der Waals surface area (Å²) in [5.74, 6) is 1.20. The predicted octanol–water partition coefficient (Wildman–Crippen LogP) is 5.36. The van der Waals surface area contributed by atoms with Crippen LogP contribution in [0.15, 0.2) is 50.7 Å². The van der Waals surface area contributed by atoms with E-state index < -0.39 is 0 Å². The maximum absolute atomic E-state index is 5.81. The fourth-order valence-electron chi connectivity index (χ4n) is 2.43. The first kappa shape index (κ1) is 16.4. The van der Waals surface area contributed by atoms with Gasteiger partial charge in [0.15, 0.2) is 0 Å². The molecule has 2 atom stereocenters. The van der Waals surface area contributed by atoms with E-state index >= 15 is 0 Å². The average Bonchev–Trinajstić information content (AvgIpc) is 3.24. The number of nitrogens with one attached hydrogen (secondary N) is 1. The third-order valence-electron chi connectivity index (χ3n) is 3.67. The first-order valence-corrected chi connectivity index (χ1v) is 9.23. The molecule has 4 nitrogen and oxygen atoms in total. The van der Waals surface area contributed by atoms with Crippen LogP contribution in [0.2, 0.25) is 0 Å². The molecular formula is C17H18BrN3OS. The summed E-state index contributed by atoms with van der Waals surface area (Å²) >= 11 is 5.07. The Morgan fingerprint density at radius 3 is 2.65 bits per heavy atom. The largest absolute Gasteiger partial charge is 0.418 e. The predicted molar refractivity (Wildman–Crippen MR) is 96.3 cm³/mol. The molecule has 0 bridgehead atoms. The fraction of sp³-hybridized carbons (Fsp3) is 0.294. The summed E-state index contributed by atoms with van der Waals surface area (Å²) in [7, 11) is 0. The summed E-state index contributed by atoms with van der Waals surface area (Å²) in [6.07, 6.45) is 0.984. The van der Waals surface area contributed by atoms with Gasteiger partial charge >= 0.3 is 0 Å². The average molecular weight is 392 g/mol. The highest BCUT2D eigenvalue weighted by Crippen LogP contribution is 2.27. The highest BCUT2D eigenvalue weighted by molar-refractivity contribution is 9.10. The zero-order chi connectivity index (χ0) is 16.2. The Morgan fingerprint density at radius 2 is 2.00 bits per heavy atom. The van der Waals surface area contributed by atoms with Crippen molar-refractivity contribution in [3.05, 3.63) is 57.7 Å². The number of benzene rings is 1. The minimum absolute atomic E-state index is 0.00944. The van der Waals surface area contributed by atoms with E-state index in [0.717, 1.165) is 15.8 Å². The van der Waals surface area contributed by atoms with E-state index in [1.54, 1.807) is 11.3 Å². The Hall–Kier alpha value is -1.50. The van der Waals surface area contributed by atoms with Crippen molar-refractivity contribution in [3.8, 4) is 10.8 Å².